The summed E-state index contributed by atoms with van der Waals surface area (Å²) in [6, 6.07) is 32.7. The third kappa shape index (κ3) is 8.31. The molecular weight excluding hydrogens is 865 g/mol. The lowest BCUT2D eigenvalue weighted by Gasteiger charge is -2.46. The van der Waals surface area contributed by atoms with Gasteiger partial charge >= 0.3 is 12.1 Å². The van der Waals surface area contributed by atoms with Gasteiger partial charge in [0.1, 0.15) is 36.5 Å². The highest BCUT2D eigenvalue weighted by atomic mass is 16.6. The predicted molar refractivity (Wildman–Crippen MR) is 251 cm³/mol. The molecule has 6 atom stereocenters. The SMILES string of the molecule is C=CCNC(=O)[C@@H]1[C@H]2C(=O)O[C@H](c3ccccc3)[C@H](c3ccccc3)N2[C@H](c2cccc(OCCO)c2)[C@@]12C(=O)N(C(=O)OCc1ccc([N+](=O)[O-])cc1)c1ccc(C#CC3=CCCCC3)cc12. The summed E-state index contributed by atoms with van der Waals surface area (Å²) in [7, 11) is 0. The lowest BCUT2D eigenvalue weighted by molar-refractivity contribution is -0.384. The number of fused-ring (bicyclic) bond motifs is 3. The molecule has 3 amide bonds. The van der Waals surface area contributed by atoms with Crippen molar-refractivity contribution in [2.24, 2.45) is 5.92 Å². The van der Waals surface area contributed by atoms with Gasteiger partial charge in [-0.15, -0.1) is 6.58 Å². The van der Waals surface area contributed by atoms with E-state index in [9.17, 15) is 20.0 Å². The quantitative estimate of drug-likeness (QED) is 0.0406. The fraction of sp³-hybridized carbons (Fsp3) is 0.259. The van der Waals surface area contributed by atoms with Crippen LogP contribution in [0, 0.1) is 27.9 Å². The highest BCUT2D eigenvalue weighted by Crippen LogP contribution is 2.66. The Morgan fingerprint density at radius 3 is 2.32 bits per heavy atom. The number of rotatable bonds is 12. The van der Waals surface area contributed by atoms with Gasteiger partial charge in [0, 0.05) is 24.2 Å². The first kappa shape index (κ1) is 45.3. The van der Waals surface area contributed by atoms with Crippen molar-refractivity contribution in [1.82, 2.24) is 10.2 Å². The molecule has 4 aliphatic rings. The van der Waals surface area contributed by atoms with E-state index in [1.807, 2.05) is 65.6 Å². The second kappa shape index (κ2) is 19.5. The molecule has 0 aromatic heterocycles. The number of ether oxygens (including phenoxy) is 3. The van der Waals surface area contributed by atoms with Crippen molar-refractivity contribution in [2.75, 3.05) is 24.7 Å². The minimum Gasteiger partial charge on any atom is -0.491 e. The van der Waals surface area contributed by atoms with Gasteiger partial charge in [-0.25, -0.2) is 9.69 Å². The van der Waals surface area contributed by atoms with Gasteiger partial charge < -0.3 is 24.6 Å². The number of allylic oxidation sites excluding steroid dienone is 2. The summed E-state index contributed by atoms with van der Waals surface area (Å²) in [6.45, 7) is 3.13. The van der Waals surface area contributed by atoms with Crippen molar-refractivity contribution >= 4 is 35.3 Å². The Bertz CT molecular complexity index is 2860. The van der Waals surface area contributed by atoms with Gasteiger partial charge in [-0.05, 0) is 102 Å². The molecule has 5 aromatic carbocycles. The number of carbonyl (C=O) groups is 4. The maximum Gasteiger partial charge on any atom is 0.421 e. The first-order chi connectivity index (χ1) is 33.1. The van der Waals surface area contributed by atoms with E-state index in [0.29, 0.717) is 28.0 Å². The van der Waals surface area contributed by atoms with E-state index in [1.165, 1.54) is 30.3 Å². The van der Waals surface area contributed by atoms with Crippen LogP contribution in [0.5, 0.6) is 5.75 Å². The Balaban J connectivity index is 1.31. The Hall–Kier alpha value is -7.86. The van der Waals surface area contributed by atoms with Crippen molar-refractivity contribution in [3.05, 3.63) is 195 Å². The number of nitro benzene ring substituents is 1. The summed E-state index contributed by atoms with van der Waals surface area (Å²) in [6.07, 6.45) is 5.40. The molecular formula is C54H48N4O10. The molecule has 344 valence electrons. The highest BCUT2D eigenvalue weighted by molar-refractivity contribution is 6.23. The molecule has 68 heavy (non-hydrogen) atoms. The van der Waals surface area contributed by atoms with Gasteiger partial charge in [-0.1, -0.05) is 96.8 Å². The minimum absolute atomic E-state index is 0.0141. The number of nitro groups is 1. The number of morpholine rings is 1. The Morgan fingerprint density at radius 2 is 1.63 bits per heavy atom. The molecule has 1 aliphatic carbocycles. The lowest BCUT2D eigenvalue weighted by atomic mass is 9.65. The first-order valence-electron chi connectivity index (χ1n) is 22.6. The number of aliphatic hydroxyl groups excluding tert-OH is 1. The van der Waals surface area contributed by atoms with Crippen molar-refractivity contribution in [2.45, 2.75) is 61.9 Å². The van der Waals surface area contributed by atoms with Gasteiger partial charge in [0.15, 0.2) is 0 Å². The van der Waals surface area contributed by atoms with E-state index in [2.05, 4.69) is 29.8 Å². The van der Waals surface area contributed by atoms with Gasteiger partial charge in [0.25, 0.3) is 5.69 Å². The number of nitrogens with one attached hydrogen (secondary N) is 1. The summed E-state index contributed by atoms with van der Waals surface area (Å²) in [5.74, 6) is 3.15. The minimum atomic E-state index is -2.08. The summed E-state index contributed by atoms with van der Waals surface area (Å²) >= 11 is 0. The number of non-ortho nitro benzene ring substituents is 1. The summed E-state index contributed by atoms with van der Waals surface area (Å²) in [4.78, 5) is 75.5. The molecule has 1 spiro atoms. The molecule has 2 saturated heterocycles. The van der Waals surface area contributed by atoms with Crippen molar-refractivity contribution < 1.29 is 43.4 Å². The average molecular weight is 913 g/mol. The average Bonchev–Trinajstić information content (AvgIpc) is 3.83. The molecule has 3 heterocycles. The van der Waals surface area contributed by atoms with Crippen LogP contribution in [-0.2, 0) is 35.9 Å². The second-order valence-electron chi connectivity index (χ2n) is 17.0. The maximum atomic E-state index is 16.4. The molecule has 5 aromatic rings. The Labute approximate surface area is 393 Å². The molecule has 9 rings (SSSR count). The van der Waals surface area contributed by atoms with Gasteiger partial charge in [0.05, 0.1) is 35.2 Å². The van der Waals surface area contributed by atoms with Crippen LogP contribution >= 0.6 is 0 Å². The molecule has 2 N–H and O–H groups in total. The summed E-state index contributed by atoms with van der Waals surface area (Å²) < 4.78 is 18.4. The summed E-state index contributed by atoms with van der Waals surface area (Å²) in [5.41, 5.74) is 1.92. The van der Waals surface area contributed by atoms with Gasteiger partial charge in [0.2, 0.25) is 11.8 Å². The number of esters is 1. The van der Waals surface area contributed by atoms with Crippen molar-refractivity contribution in [3.63, 3.8) is 0 Å². The van der Waals surface area contributed by atoms with E-state index in [4.69, 9.17) is 14.2 Å². The Morgan fingerprint density at radius 1 is 0.897 bits per heavy atom. The van der Waals surface area contributed by atoms with Crippen LogP contribution in [0.3, 0.4) is 0 Å². The third-order valence-corrected chi connectivity index (χ3v) is 13.0. The standard InChI is InChI=1S/C54H48N4O10/c1-2-29-55-50(60)45-47-51(61)68-48(39-17-10-5-11-18-39)46(38-15-8-4-9-16-38)57(47)49(40-19-12-20-42(33-40)66-31-30-59)54(45)43-32-36(22-21-35-13-6-3-7-14-35)25-28-44(43)56(52(54)62)53(63)67-34-37-23-26-41(27-24-37)58(64)65/h2,4-5,8-13,15-20,23-28,32-33,45-49,59H,1,3,6-7,14,29-31,34H2,(H,55,60)/t45-,46-,47-,48+,49+,54-/m0/s1. The molecule has 14 heteroatoms. The van der Waals surface area contributed by atoms with Crippen LogP contribution in [0.15, 0.2) is 152 Å². The monoisotopic (exact) mass is 912 g/mol. The predicted octanol–water partition coefficient (Wildman–Crippen LogP) is 8.12. The zero-order valence-electron chi connectivity index (χ0n) is 37.0. The first-order valence-corrected chi connectivity index (χ1v) is 22.6. The fourth-order valence-electron chi connectivity index (χ4n) is 10.2. The zero-order valence-corrected chi connectivity index (χ0v) is 37.0. The highest BCUT2D eigenvalue weighted by Gasteiger charge is 2.75. The number of cyclic esters (lactones) is 1. The van der Waals surface area contributed by atoms with E-state index < -0.39 is 64.4 Å². The molecule has 14 nitrogen and oxygen atoms in total. The number of anilines is 1. The lowest BCUT2D eigenvalue weighted by Crippen LogP contribution is -2.55. The van der Waals surface area contributed by atoms with Gasteiger partial charge in [-0.2, -0.15) is 0 Å². The van der Waals surface area contributed by atoms with E-state index in [1.54, 1.807) is 42.5 Å². The topological polar surface area (TPSA) is 178 Å². The number of hydrogen-bond donors (Lipinski definition) is 2. The fourth-order valence-corrected chi connectivity index (χ4v) is 10.2. The van der Waals surface area contributed by atoms with Gasteiger partial charge in [-0.3, -0.25) is 29.4 Å². The largest absolute Gasteiger partial charge is 0.491 e. The molecule has 0 radical (unpaired) electrons. The number of amides is 3. The van der Waals surface area contributed by atoms with Crippen LogP contribution in [0.4, 0.5) is 16.2 Å². The zero-order chi connectivity index (χ0) is 47.4. The van der Waals surface area contributed by atoms with E-state index in [-0.39, 0.29) is 43.3 Å². The van der Waals surface area contributed by atoms with Crippen LogP contribution in [0.1, 0.15) is 77.3 Å². The third-order valence-electron chi connectivity index (χ3n) is 13.0. The van der Waals surface area contributed by atoms with Crippen LogP contribution in [0.2, 0.25) is 0 Å². The molecule has 0 unspecified atom stereocenters. The number of nitrogens with zero attached hydrogens (tertiary/aromatic N) is 3. The Kier molecular flexibility index (Phi) is 13.0. The normalized spacial score (nSPS) is 22.8. The number of aliphatic hydroxyl groups is 1. The summed E-state index contributed by atoms with van der Waals surface area (Å²) in [5, 5.41) is 24.1. The number of benzene rings is 5. The van der Waals surface area contributed by atoms with Crippen molar-refractivity contribution in [1.29, 1.82) is 0 Å². The van der Waals surface area contributed by atoms with Crippen LogP contribution in [-0.4, -0.2) is 64.6 Å². The van der Waals surface area contributed by atoms with Crippen LogP contribution in [0.25, 0.3) is 0 Å². The van der Waals surface area contributed by atoms with E-state index >= 15 is 14.4 Å². The number of hydrogen-bond acceptors (Lipinski definition) is 11. The second-order valence-corrected chi connectivity index (χ2v) is 17.0. The molecule has 0 saturated carbocycles. The van der Waals surface area contributed by atoms with E-state index in [0.717, 1.165) is 41.7 Å². The van der Waals surface area contributed by atoms with Crippen molar-refractivity contribution in [3.8, 4) is 17.6 Å². The number of imide groups is 1. The molecule has 3 aliphatic heterocycles. The number of carbonyl (C=O) groups excluding carboxylic acids is 4. The molecule has 2 fully saturated rings. The van der Waals surface area contributed by atoms with Crippen LogP contribution < -0.4 is 15.0 Å². The smallest absolute Gasteiger partial charge is 0.421 e. The maximum absolute atomic E-state index is 16.4. The molecule has 0 bridgehead atoms.